The highest BCUT2D eigenvalue weighted by molar-refractivity contribution is 5.82. The zero-order valence-electron chi connectivity index (χ0n) is 15.4. The molecular formula is C18H18F7N3. The number of halogens is 7. The van der Waals surface area contributed by atoms with Gasteiger partial charge in [-0.2, -0.15) is 35.8 Å². The second-order valence-electron chi connectivity index (χ2n) is 6.45. The van der Waals surface area contributed by atoms with E-state index in [-0.39, 0.29) is 5.56 Å². The Morgan fingerprint density at radius 2 is 1.50 bits per heavy atom. The van der Waals surface area contributed by atoms with Crippen molar-refractivity contribution in [2.45, 2.75) is 45.8 Å². The van der Waals surface area contributed by atoms with Crippen molar-refractivity contribution in [2.24, 2.45) is 5.10 Å². The smallest absolute Gasteiger partial charge is 0.318 e. The fourth-order valence-electron chi connectivity index (χ4n) is 2.61. The Balaban J connectivity index is 2.30. The van der Waals surface area contributed by atoms with Crippen molar-refractivity contribution in [2.75, 3.05) is 0 Å². The van der Waals surface area contributed by atoms with Crippen LogP contribution in [0, 0.1) is 27.7 Å². The van der Waals surface area contributed by atoms with Crippen LogP contribution in [0.2, 0.25) is 0 Å². The number of alkyl halides is 7. The topological polar surface area (TPSA) is 29.3 Å². The number of nitrogens with one attached hydrogen (secondary N) is 1. The molecule has 1 N–H and O–H groups in total. The van der Waals surface area contributed by atoms with Crippen LogP contribution in [0.4, 0.5) is 30.7 Å². The van der Waals surface area contributed by atoms with Gasteiger partial charge in [0.1, 0.15) is 0 Å². The normalized spacial score (nSPS) is 13.4. The standard InChI is InChI=1S/C18H18F7N3/c1-10-5-6-15(7-11(10)2)28-12(3)8-14(13(28)4)9-26-27-18(24,25)16(19,20)17(21,22)23/h5-9,27H,1-4H3/b26-9+. The number of hydrogen-bond acceptors (Lipinski definition) is 2. The summed E-state index contributed by atoms with van der Waals surface area (Å²) in [6.07, 6.45) is -5.64. The molecule has 2 aromatic rings. The highest BCUT2D eigenvalue weighted by atomic mass is 19.4. The third kappa shape index (κ3) is 3.85. The molecule has 0 saturated carbocycles. The van der Waals surface area contributed by atoms with Crippen LogP contribution in [-0.4, -0.2) is 28.9 Å². The molecule has 0 fully saturated rings. The molecule has 0 aliphatic heterocycles. The van der Waals surface area contributed by atoms with E-state index in [2.05, 4.69) is 5.10 Å². The van der Waals surface area contributed by atoms with Gasteiger partial charge in [0.15, 0.2) is 0 Å². The lowest BCUT2D eigenvalue weighted by molar-refractivity contribution is -0.361. The summed E-state index contributed by atoms with van der Waals surface area (Å²) >= 11 is 0. The maximum Gasteiger partial charge on any atom is 0.462 e. The first-order chi connectivity index (χ1) is 12.7. The molecule has 0 saturated heterocycles. The van der Waals surface area contributed by atoms with E-state index >= 15 is 0 Å². The predicted molar refractivity (Wildman–Crippen MR) is 91.4 cm³/mol. The molecule has 0 radical (unpaired) electrons. The first kappa shape index (κ1) is 21.8. The average Bonchev–Trinajstić information content (AvgIpc) is 2.83. The molecule has 0 atom stereocenters. The summed E-state index contributed by atoms with van der Waals surface area (Å²) in [5, 5.41) is 2.92. The number of hydrazone groups is 1. The Hall–Kier alpha value is -2.52. The summed E-state index contributed by atoms with van der Waals surface area (Å²) in [6, 6.07) is 1.61. The van der Waals surface area contributed by atoms with Gasteiger partial charge in [-0.3, -0.25) is 0 Å². The fraction of sp³-hybridized carbons (Fsp3) is 0.389. The Bertz CT molecular complexity index is 895. The molecule has 154 valence electrons. The summed E-state index contributed by atoms with van der Waals surface area (Å²) < 4.78 is 90.3. The van der Waals surface area contributed by atoms with E-state index in [4.69, 9.17) is 0 Å². The van der Waals surface area contributed by atoms with Crippen LogP contribution in [-0.2, 0) is 0 Å². The quantitative estimate of drug-likeness (QED) is 0.304. The van der Waals surface area contributed by atoms with E-state index in [9.17, 15) is 30.7 Å². The maximum atomic E-state index is 13.2. The van der Waals surface area contributed by atoms with E-state index in [1.807, 2.05) is 32.0 Å². The van der Waals surface area contributed by atoms with Gasteiger partial charge in [0.05, 0.1) is 6.21 Å². The molecule has 1 aromatic heterocycles. The SMILES string of the molecule is Cc1ccc(-n2c(C)cc(/C=N/NC(F)(F)C(F)(F)C(F)(F)F)c2C)cc1C. The first-order valence-corrected chi connectivity index (χ1v) is 8.08. The van der Waals surface area contributed by atoms with Crippen LogP contribution in [0.1, 0.15) is 28.1 Å². The van der Waals surface area contributed by atoms with E-state index in [0.29, 0.717) is 16.8 Å². The minimum absolute atomic E-state index is 0.286. The Labute approximate surface area is 156 Å². The first-order valence-electron chi connectivity index (χ1n) is 8.08. The maximum absolute atomic E-state index is 13.2. The number of nitrogens with zero attached hydrogens (tertiary/aromatic N) is 2. The Kier molecular flexibility index (Phi) is 5.55. The van der Waals surface area contributed by atoms with E-state index in [0.717, 1.165) is 23.0 Å². The van der Waals surface area contributed by atoms with E-state index in [1.54, 1.807) is 24.5 Å². The largest absolute Gasteiger partial charge is 0.462 e. The summed E-state index contributed by atoms with van der Waals surface area (Å²) in [5.74, 6) is -6.27. The van der Waals surface area contributed by atoms with Gasteiger partial charge < -0.3 is 4.57 Å². The van der Waals surface area contributed by atoms with Gasteiger partial charge in [-0.05, 0) is 57.0 Å². The molecule has 3 nitrogen and oxygen atoms in total. The lowest BCUT2D eigenvalue weighted by Crippen LogP contribution is -2.58. The Morgan fingerprint density at radius 1 is 0.893 bits per heavy atom. The van der Waals surface area contributed by atoms with Crippen molar-refractivity contribution < 1.29 is 30.7 Å². The molecule has 2 rings (SSSR count). The van der Waals surface area contributed by atoms with Gasteiger partial charge in [0.25, 0.3) is 0 Å². The van der Waals surface area contributed by atoms with Crippen molar-refractivity contribution in [1.82, 2.24) is 9.99 Å². The zero-order valence-corrected chi connectivity index (χ0v) is 15.4. The fourth-order valence-corrected chi connectivity index (χ4v) is 2.61. The molecular weight excluding hydrogens is 391 g/mol. The van der Waals surface area contributed by atoms with Crippen LogP contribution in [0.5, 0.6) is 0 Å². The summed E-state index contributed by atoms with van der Waals surface area (Å²) in [6.45, 7) is 7.24. The zero-order chi connectivity index (χ0) is 21.5. The van der Waals surface area contributed by atoms with E-state index in [1.165, 1.54) is 0 Å². The highest BCUT2D eigenvalue weighted by Gasteiger charge is 2.73. The van der Waals surface area contributed by atoms with Gasteiger partial charge in [0, 0.05) is 22.6 Å². The molecule has 0 aliphatic rings. The highest BCUT2D eigenvalue weighted by Crippen LogP contribution is 2.45. The van der Waals surface area contributed by atoms with Crippen molar-refractivity contribution in [3.8, 4) is 5.69 Å². The molecule has 0 amide bonds. The van der Waals surface area contributed by atoms with Crippen LogP contribution >= 0.6 is 0 Å². The summed E-state index contributed by atoms with van der Waals surface area (Å²) in [4.78, 5) is 0. The van der Waals surface area contributed by atoms with Gasteiger partial charge in [0.2, 0.25) is 0 Å². The van der Waals surface area contributed by atoms with Gasteiger partial charge >= 0.3 is 18.1 Å². The number of rotatable bonds is 5. The predicted octanol–water partition coefficient (Wildman–Crippen LogP) is 5.42. The molecule has 1 heterocycles. The number of aromatic nitrogens is 1. The molecule has 0 aliphatic carbocycles. The minimum Gasteiger partial charge on any atom is -0.318 e. The van der Waals surface area contributed by atoms with Crippen molar-refractivity contribution in [3.05, 3.63) is 52.3 Å². The van der Waals surface area contributed by atoms with Crippen LogP contribution in [0.25, 0.3) is 5.69 Å². The van der Waals surface area contributed by atoms with Crippen LogP contribution in [0.3, 0.4) is 0 Å². The lowest BCUT2D eigenvalue weighted by Gasteiger charge is -2.27. The number of aryl methyl sites for hydroxylation is 3. The molecule has 0 spiro atoms. The average molecular weight is 409 g/mol. The molecule has 0 bridgehead atoms. The van der Waals surface area contributed by atoms with Crippen LogP contribution in [0.15, 0.2) is 29.4 Å². The molecule has 28 heavy (non-hydrogen) atoms. The third-order valence-electron chi connectivity index (χ3n) is 4.38. The van der Waals surface area contributed by atoms with Crippen molar-refractivity contribution >= 4 is 6.21 Å². The third-order valence-corrected chi connectivity index (χ3v) is 4.38. The monoisotopic (exact) mass is 409 g/mol. The Morgan fingerprint density at radius 3 is 2.04 bits per heavy atom. The van der Waals surface area contributed by atoms with Gasteiger partial charge in [-0.15, -0.1) is 0 Å². The summed E-state index contributed by atoms with van der Waals surface area (Å²) in [5.41, 5.74) is 5.06. The second-order valence-corrected chi connectivity index (χ2v) is 6.45. The number of benzene rings is 1. The molecule has 0 unspecified atom stereocenters. The lowest BCUT2D eigenvalue weighted by atomic mass is 10.1. The molecule has 10 heteroatoms. The van der Waals surface area contributed by atoms with E-state index < -0.39 is 18.1 Å². The van der Waals surface area contributed by atoms with Crippen molar-refractivity contribution in [1.29, 1.82) is 0 Å². The number of hydrogen-bond donors (Lipinski definition) is 1. The second kappa shape index (κ2) is 7.14. The van der Waals surface area contributed by atoms with Crippen molar-refractivity contribution in [3.63, 3.8) is 0 Å². The summed E-state index contributed by atoms with van der Waals surface area (Å²) in [7, 11) is 0. The van der Waals surface area contributed by atoms with Gasteiger partial charge in [-0.25, -0.2) is 5.43 Å². The van der Waals surface area contributed by atoms with Crippen LogP contribution < -0.4 is 5.43 Å². The van der Waals surface area contributed by atoms with Gasteiger partial charge in [-0.1, -0.05) is 6.07 Å². The minimum atomic E-state index is -6.42. The molecule has 1 aromatic carbocycles.